The quantitative estimate of drug-likeness (QED) is 0.522. The lowest BCUT2D eigenvalue weighted by molar-refractivity contribution is 1.47. The van der Waals surface area contributed by atoms with Gasteiger partial charge in [0.15, 0.2) is 0 Å². The van der Waals surface area contributed by atoms with Crippen LogP contribution in [0.15, 0.2) is 23.1 Å². The smallest absolute Gasteiger partial charge is 0.0467 e. The molecule has 0 saturated carbocycles. The number of hydrogen-bond donors (Lipinski definition) is 1. The first kappa shape index (κ1) is 7.76. The van der Waals surface area contributed by atoms with Crippen LogP contribution in [-0.4, -0.2) is 6.26 Å². The van der Waals surface area contributed by atoms with Gasteiger partial charge in [-0.15, -0.1) is 11.8 Å². The zero-order valence-electron chi connectivity index (χ0n) is 5.60. The summed E-state index contributed by atoms with van der Waals surface area (Å²) in [5, 5.41) is 0.690. The van der Waals surface area contributed by atoms with Gasteiger partial charge < -0.3 is 5.73 Å². The summed E-state index contributed by atoms with van der Waals surface area (Å²) in [6, 6.07) is 5.51. The van der Waals surface area contributed by atoms with E-state index in [1.807, 2.05) is 18.4 Å². The monoisotopic (exact) mass is 173 g/mol. The molecule has 0 amide bonds. The van der Waals surface area contributed by atoms with Crippen molar-refractivity contribution < 1.29 is 0 Å². The third-order valence-corrected chi connectivity index (χ3v) is 2.24. The molecule has 54 valence electrons. The minimum atomic E-state index is 0.690. The van der Waals surface area contributed by atoms with Gasteiger partial charge in [0, 0.05) is 15.6 Å². The van der Waals surface area contributed by atoms with Crippen LogP contribution < -0.4 is 5.73 Å². The number of rotatable bonds is 1. The highest BCUT2D eigenvalue weighted by molar-refractivity contribution is 7.98. The van der Waals surface area contributed by atoms with Crippen molar-refractivity contribution >= 4 is 29.1 Å². The van der Waals surface area contributed by atoms with Gasteiger partial charge >= 0.3 is 0 Å². The standard InChI is InChI=1S/C7H8ClNS/c1-10-7-3-2-5(8)4-6(7)9/h2-4H,9H2,1H3. The first-order valence-electron chi connectivity index (χ1n) is 2.83. The molecule has 1 aromatic rings. The van der Waals surface area contributed by atoms with Gasteiger partial charge in [-0.2, -0.15) is 0 Å². The average Bonchev–Trinajstić information content (AvgIpc) is 1.88. The molecule has 0 unspecified atom stereocenters. The van der Waals surface area contributed by atoms with Crippen molar-refractivity contribution in [2.24, 2.45) is 0 Å². The zero-order chi connectivity index (χ0) is 7.56. The van der Waals surface area contributed by atoms with Crippen LogP contribution in [0.2, 0.25) is 5.02 Å². The maximum absolute atomic E-state index is 5.68. The zero-order valence-corrected chi connectivity index (χ0v) is 7.17. The Balaban J connectivity index is 3.07. The number of nitrogens with two attached hydrogens (primary N) is 1. The van der Waals surface area contributed by atoms with E-state index in [4.69, 9.17) is 17.3 Å². The topological polar surface area (TPSA) is 26.0 Å². The lowest BCUT2D eigenvalue weighted by Gasteiger charge is -2.00. The normalized spacial score (nSPS) is 9.80. The molecule has 0 heterocycles. The number of nitrogen functional groups attached to an aromatic ring is 1. The van der Waals surface area contributed by atoms with E-state index in [1.54, 1.807) is 17.8 Å². The third kappa shape index (κ3) is 1.58. The van der Waals surface area contributed by atoms with Crippen molar-refractivity contribution in [3.05, 3.63) is 23.2 Å². The largest absolute Gasteiger partial charge is 0.398 e. The molecule has 1 nitrogen and oxygen atoms in total. The molecule has 0 aliphatic heterocycles. The van der Waals surface area contributed by atoms with Gasteiger partial charge in [0.2, 0.25) is 0 Å². The molecular formula is C7H8ClNS. The number of halogens is 1. The Morgan fingerprint density at radius 1 is 1.50 bits per heavy atom. The van der Waals surface area contributed by atoms with Crippen LogP contribution in [0.5, 0.6) is 0 Å². The Morgan fingerprint density at radius 3 is 2.70 bits per heavy atom. The van der Waals surface area contributed by atoms with Crippen LogP contribution in [0.1, 0.15) is 0 Å². The summed E-state index contributed by atoms with van der Waals surface area (Å²) in [7, 11) is 0. The molecule has 10 heavy (non-hydrogen) atoms. The van der Waals surface area contributed by atoms with Crippen molar-refractivity contribution in [2.75, 3.05) is 12.0 Å². The Labute approximate surface area is 69.6 Å². The molecule has 1 aromatic carbocycles. The van der Waals surface area contributed by atoms with E-state index >= 15 is 0 Å². The summed E-state index contributed by atoms with van der Waals surface area (Å²) in [6.45, 7) is 0. The third-order valence-electron chi connectivity index (χ3n) is 1.19. The van der Waals surface area contributed by atoms with Crippen molar-refractivity contribution in [3.8, 4) is 0 Å². The second kappa shape index (κ2) is 3.17. The molecule has 0 spiro atoms. The number of hydrogen-bond acceptors (Lipinski definition) is 2. The molecule has 0 fully saturated rings. The van der Waals surface area contributed by atoms with E-state index in [2.05, 4.69) is 0 Å². The van der Waals surface area contributed by atoms with E-state index in [-0.39, 0.29) is 0 Å². The lowest BCUT2D eigenvalue weighted by Crippen LogP contribution is -1.86. The van der Waals surface area contributed by atoms with Crippen LogP contribution in [0, 0.1) is 0 Å². The average molecular weight is 174 g/mol. The number of thioether (sulfide) groups is 1. The minimum Gasteiger partial charge on any atom is -0.398 e. The fourth-order valence-electron chi connectivity index (χ4n) is 0.705. The Morgan fingerprint density at radius 2 is 2.20 bits per heavy atom. The van der Waals surface area contributed by atoms with Crippen LogP contribution in [0.3, 0.4) is 0 Å². The highest BCUT2D eigenvalue weighted by Crippen LogP contribution is 2.25. The molecular weight excluding hydrogens is 166 g/mol. The Hall–Kier alpha value is -0.340. The van der Waals surface area contributed by atoms with Crippen LogP contribution >= 0.6 is 23.4 Å². The van der Waals surface area contributed by atoms with E-state index in [9.17, 15) is 0 Å². The Kier molecular flexibility index (Phi) is 2.46. The molecule has 0 atom stereocenters. The van der Waals surface area contributed by atoms with Crippen molar-refractivity contribution in [3.63, 3.8) is 0 Å². The molecule has 1 rings (SSSR count). The molecule has 3 heteroatoms. The molecule has 0 radical (unpaired) electrons. The van der Waals surface area contributed by atoms with Gasteiger partial charge in [-0.3, -0.25) is 0 Å². The van der Waals surface area contributed by atoms with Gasteiger partial charge in [0.05, 0.1) is 0 Å². The van der Waals surface area contributed by atoms with E-state index in [0.29, 0.717) is 5.02 Å². The van der Waals surface area contributed by atoms with E-state index in [1.165, 1.54) is 0 Å². The minimum absolute atomic E-state index is 0.690. The van der Waals surface area contributed by atoms with Gasteiger partial charge in [0.1, 0.15) is 0 Å². The molecule has 0 aliphatic rings. The van der Waals surface area contributed by atoms with Crippen LogP contribution in [-0.2, 0) is 0 Å². The summed E-state index contributed by atoms with van der Waals surface area (Å²) in [4.78, 5) is 1.07. The second-order valence-corrected chi connectivity index (χ2v) is 3.17. The van der Waals surface area contributed by atoms with Crippen LogP contribution in [0.4, 0.5) is 5.69 Å². The van der Waals surface area contributed by atoms with Gasteiger partial charge in [-0.25, -0.2) is 0 Å². The predicted molar refractivity (Wildman–Crippen MR) is 47.6 cm³/mol. The fourth-order valence-corrected chi connectivity index (χ4v) is 1.38. The number of benzene rings is 1. The van der Waals surface area contributed by atoms with E-state index in [0.717, 1.165) is 10.6 Å². The SMILES string of the molecule is CSc1ccc(Cl)cc1N. The van der Waals surface area contributed by atoms with Crippen molar-refractivity contribution in [2.45, 2.75) is 4.90 Å². The van der Waals surface area contributed by atoms with Crippen molar-refractivity contribution in [1.29, 1.82) is 0 Å². The van der Waals surface area contributed by atoms with Crippen LogP contribution in [0.25, 0.3) is 0 Å². The molecule has 0 aliphatic carbocycles. The maximum Gasteiger partial charge on any atom is 0.0467 e. The summed E-state index contributed by atoms with van der Waals surface area (Å²) < 4.78 is 0. The molecule has 2 N–H and O–H groups in total. The molecule has 0 bridgehead atoms. The lowest BCUT2D eigenvalue weighted by atomic mass is 10.3. The first-order valence-corrected chi connectivity index (χ1v) is 4.43. The summed E-state index contributed by atoms with van der Waals surface area (Å²) in [5.41, 5.74) is 6.38. The summed E-state index contributed by atoms with van der Waals surface area (Å²) in [5.74, 6) is 0. The fraction of sp³-hybridized carbons (Fsp3) is 0.143. The number of anilines is 1. The van der Waals surface area contributed by atoms with Gasteiger partial charge in [0.25, 0.3) is 0 Å². The summed E-state index contributed by atoms with van der Waals surface area (Å²) in [6.07, 6.45) is 1.99. The Bertz CT molecular complexity index is 237. The maximum atomic E-state index is 5.68. The predicted octanol–water partition coefficient (Wildman–Crippen LogP) is 2.64. The highest BCUT2D eigenvalue weighted by atomic mass is 35.5. The molecule has 0 aromatic heterocycles. The van der Waals surface area contributed by atoms with Crippen molar-refractivity contribution in [1.82, 2.24) is 0 Å². The first-order chi connectivity index (χ1) is 4.74. The van der Waals surface area contributed by atoms with Gasteiger partial charge in [-0.05, 0) is 24.5 Å². The summed E-state index contributed by atoms with van der Waals surface area (Å²) >= 11 is 7.31. The second-order valence-electron chi connectivity index (χ2n) is 1.89. The molecule has 0 saturated heterocycles. The van der Waals surface area contributed by atoms with Gasteiger partial charge in [-0.1, -0.05) is 11.6 Å². The van der Waals surface area contributed by atoms with E-state index < -0.39 is 0 Å². The highest BCUT2D eigenvalue weighted by Gasteiger charge is 1.95.